The first-order valence-electron chi connectivity index (χ1n) is 12.8. The van der Waals surface area contributed by atoms with Gasteiger partial charge in [-0.05, 0) is 93.2 Å². The van der Waals surface area contributed by atoms with Gasteiger partial charge in [0.15, 0.2) is 0 Å². The third kappa shape index (κ3) is 7.38. The highest BCUT2D eigenvalue weighted by Crippen LogP contribution is 2.43. The van der Waals surface area contributed by atoms with Crippen LogP contribution in [0.25, 0.3) is 10.9 Å². The summed E-state index contributed by atoms with van der Waals surface area (Å²) in [6.07, 6.45) is 4.67. The van der Waals surface area contributed by atoms with Crippen LogP contribution in [0.4, 0.5) is 0 Å². The van der Waals surface area contributed by atoms with E-state index in [0.717, 1.165) is 55.6 Å². The van der Waals surface area contributed by atoms with Gasteiger partial charge in [-0.1, -0.05) is 29.8 Å². The maximum atomic E-state index is 11.8. The van der Waals surface area contributed by atoms with Gasteiger partial charge in [-0.15, -0.1) is 11.8 Å². The fraction of sp³-hybridized carbons (Fsp3) is 0.448. The molecule has 0 saturated carbocycles. The number of aliphatic hydroxyl groups excluding tert-OH is 1. The molecular formula is C29H35ClN2O4S. The Morgan fingerprint density at radius 1 is 1.22 bits per heavy atom. The number of likely N-dealkylation sites (tertiary alicyclic amines) is 1. The van der Waals surface area contributed by atoms with Crippen LogP contribution in [0.5, 0.6) is 5.75 Å². The van der Waals surface area contributed by atoms with E-state index in [2.05, 4.69) is 34.1 Å². The highest BCUT2D eigenvalue weighted by Gasteiger charge is 2.37. The maximum absolute atomic E-state index is 11.8. The number of aromatic nitrogens is 1. The van der Waals surface area contributed by atoms with E-state index in [1.165, 1.54) is 4.90 Å². The molecule has 3 aromatic rings. The minimum absolute atomic E-state index is 0.121. The number of carboxylic acid groups (broad SMARTS) is 1. The second kappa shape index (κ2) is 13.0. The zero-order valence-corrected chi connectivity index (χ0v) is 22.8. The molecule has 2 heterocycles. The smallest absolute Gasteiger partial charge is 0.303 e. The number of hydrogen-bond donors (Lipinski definition) is 2. The van der Waals surface area contributed by atoms with E-state index >= 15 is 0 Å². The van der Waals surface area contributed by atoms with Gasteiger partial charge in [0.2, 0.25) is 0 Å². The van der Waals surface area contributed by atoms with Gasteiger partial charge in [-0.2, -0.15) is 0 Å². The lowest BCUT2D eigenvalue weighted by atomic mass is 9.71. The van der Waals surface area contributed by atoms with Crippen LogP contribution >= 0.6 is 23.4 Å². The minimum Gasteiger partial charge on any atom is -0.497 e. The molecule has 6 nitrogen and oxygen atoms in total. The largest absolute Gasteiger partial charge is 0.497 e. The summed E-state index contributed by atoms with van der Waals surface area (Å²) in [6.45, 7) is 2.79. The average molecular weight is 543 g/mol. The summed E-state index contributed by atoms with van der Waals surface area (Å²) in [4.78, 5) is 19.9. The van der Waals surface area contributed by atoms with E-state index in [4.69, 9.17) is 16.3 Å². The molecule has 1 aliphatic heterocycles. The number of rotatable bonds is 12. The van der Waals surface area contributed by atoms with Crippen molar-refractivity contribution >= 4 is 40.2 Å². The molecule has 0 amide bonds. The van der Waals surface area contributed by atoms with Crippen molar-refractivity contribution in [3.63, 3.8) is 0 Å². The van der Waals surface area contributed by atoms with Crippen LogP contribution in [0.1, 0.15) is 50.2 Å². The van der Waals surface area contributed by atoms with Crippen LogP contribution in [-0.2, 0) is 4.79 Å². The Bertz CT molecular complexity index is 1190. The molecule has 0 aliphatic carbocycles. The van der Waals surface area contributed by atoms with E-state index in [-0.39, 0.29) is 11.8 Å². The SMILES string of the molecule is COc1ccc2ncc(Cl)c(C(O)CCC3(CC(=O)O)CCN(CCCSc4ccccc4)CC3)c2c1. The molecule has 2 aromatic carbocycles. The van der Waals surface area contributed by atoms with Crippen LogP contribution < -0.4 is 4.74 Å². The summed E-state index contributed by atoms with van der Waals surface area (Å²) < 4.78 is 5.36. The van der Waals surface area contributed by atoms with Crippen LogP contribution in [-0.4, -0.2) is 58.6 Å². The summed E-state index contributed by atoms with van der Waals surface area (Å²) in [5.74, 6) is 0.958. The molecule has 0 bridgehead atoms. The average Bonchev–Trinajstić information content (AvgIpc) is 2.90. The second-order valence-corrected chi connectivity index (χ2v) is 11.5. The monoisotopic (exact) mass is 542 g/mol. The van der Waals surface area contributed by atoms with E-state index in [1.807, 2.05) is 36.0 Å². The highest BCUT2D eigenvalue weighted by molar-refractivity contribution is 7.99. The van der Waals surface area contributed by atoms with Gasteiger partial charge in [0.1, 0.15) is 5.75 Å². The van der Waals surface area contributed by atoms with Crippen molar-refractivity contribution in [1.29, 1.82) is 0 Å². The number of halogens is 1. The normalized spacial score (nSPS) is 16.5. The Labute approximate surface area is 228 Å². The van der Waals surface area contributed by atoms with E-state index < -0.39 is 12.1 Å². The molecule has 1 aliphatic rings. The molecule has 1 fully saturated rings. The molecule has 1 saturated heterocycles. The molecule has 1 aromatic heterocycles. The number of pyridine rings is 1. The molecule has 4 rings (SSSR count). The fourth-order valence-electron chi connectivity index (χ4n) is 5.30. The van der Waals surface area contributed by atoms with Gasteiger partial charge in [0, 0.05) is 22.0 Å². The number of carbonyl (C=O) groups is 1. The number of methoxy groups -OCH3 is 1. The predicted molar refractivity (Wildman–Crippen MR) is 150 cm³/mol. The molecule has 2 N–H and O–H groups in total. The van der Waals surface area contributed by atoms with E-state index in [0.29, 0.717) is 29.2 Å². The minimum atomic E-state index is -0.816. The van der Waals surface area contributed by atoms with Crippen LogP contribution in [0.2, 0.25) is 5.02 Å². The number of benzene rings is 2. The molecule has 0 radical (unpaired) electrons. The number of nitrogens with zero attached hydrogens (tertiary/aromatic N) is 2. The topological polar surface area (TPSA) is 82.9 Å². The molecule has 8 heteroatoms. The first kappa shape index (κ1) is 27.7. The number of aliphatic carboxylic acids is 1. The Morgan fingerprint density at radius 2 is 1.97 bits per heavy atom. The molecule has 0 spiro atoms. The van der Waals surface area contributed by atoms with Crippen LogP contribution in [0.15, 0.2) is 59.6 Å². The Hall–Kier alpha value is -2.32. The number of aliphatic hydroxyl groups is 1. The number of ether oxygens (including phenoxy) is 1. The zero-order chi connectivity index (χ0) is 26.3. The van der Waals surface area contributed by atoms with Crippen molar-refractivity contribution in [2.75, 3.05) is 32.5 Å². The van der Waals surface area contributed by atoms with Gasteiger partial charge in [0.05, 0.1) is 30.2 Å². The number of carboxylic acids is 1. The van der Waals surface area contributed by atoms with Crippen molar-refractivity contribution < 1.29 is 19.7 Å². The van der Waals surface area contributed by atoms with Crippen molar-refractivity contribution in [2.24, 2.45) is 5.41 Å². The molecule has 37 heavy (non-hydrogen) atoms. The quantitative estimate of drug-likeness (QED) is 0.201. The molecule has 1 atom stereocenters. The molecule has 198 valence electrons. The summed E-state index contributed by atoms with van der Waals surface area (Å²) in [7, 11) is 1.60. The van der Waals surface area contributed by atoms with Gasteiger partial charge in [0.25, 0.3) is 0 Å². The molecular weight excluding hydrogens is 508 g/mol. The van der Waals surface area contributed by atoms with Crippen LogP contribution in [0, 0.1) is 5.41 Å². The van der Waals surface area contributed by atoms with Gasteiger partial charge in [-0.3, -0.25) is 9.78 Å². The predicted octanol–water partition coefficient (Wildman–Crippen LogP) is 6.45. The molecule has 1 unspecified atom stereocenters. The summed E-state index contributed by atoms with van der Waals surface area (Å²) in [5.41, 5.74) is 1.04. The Morgan fingerprint density at radius 3 is 2.68 bits per heavy atom. The highest BCUT2D eigenvalue weighted by atomic mass is 35.5. The third-order valence-electron chi connectivity index (χ3n) is 7.42. The van der Waals surface area contributed by atoms with Crippen molar-refractivity contribution in [3.05, 3.63) is 65.3 Å². The van der Waals surface area contributed by atoms with E-state index in [1.54, 1.807) is 13.3 Å². The number of piperidine rings is 1. The lowest BCUT2D eigenvalue weighted by molar-refractivity contribution is -0.141. The standard InChI is InChI=1S/C29H35ClN2O4S/c1-36-21-8-9-25-23(18-21)28(24(30)20-31-25)26(33)10-11-29(19-27(34)35)12-15-32(16-13-29)14-5-17-37-22-6-3-2-4-7-22/h2-4,6-9,18,20,26,33H,5,10-17,19H2,1H3,(H,34,35). The lowest BCUT2D eigenvalue weighted by Gasteiger charge is -2.41. The maximum Gasteiger partial charge on any atom is 0.303 e. The van der Waals surface area contributed by atoms with Crippen molar-refractivity contribution in [1.82, 2.24) is 9.88 Å². The van der Waals surface area contributed by atoms with Crippen molar-refractivity contribution in [3.8, 4) is 5.75 Å². The number of hydrogen-bond acceptors (Lipinski definition) is 6. The van der Waals surface area contributed by atoms with Gasteiger partial charge < -0.3 is 19.8 Å². The first-order chi connectivity index (χ1) is 17.9. The summed E-state index contributed by atoms with van der Waals surface area (Å²) in [5, 5.41) is 22.1. The summed E-state index contributed by atoms with van der Waals surface area (Å²) in [6, 6.07) is 16.0. The van der Waals surface area contributed by atoms with Gasteiger partial charge >= 0.3 is 5.97 Å². The number of thioether (sulfide) groups is 1. The van der Waals surface area contributed by atoms with Crippen molar-refractivity contribution in [2.45, 2.75) is 49.5 Å². The Kier molecular flexibility index (Phi) is 9.71. The lowest BCUT2D eigenvalue weighted by Crippen LogP contribution is -2.41. The fourth-order valence-corrected chi connectivity index (χ4v) is 6.44. The van der Waals surface area contributed by atoms with Crippen LogP contribution in [0.3, 0.4) is 0 Å². The zero-order valence-electron chi connectivity index (χ0n) is 21.2. The van der Waals surface area contributed by atoms with Gasteiger partial charge in [-0.25, -0.2) is 0 Å². The third-order valence-corrected chi connectivity index (χ3v) is 8.82. The second-order valence-electron chi connectivity index (χ2n) is 9.88. The number of fused-ring (bicyclic) bond motifs is 1. The summed E-state index contributed by atoms with van der Waals surface area (Å²) >= 11 is 8.36. The Balaban J connectivity index is 1.35. The van der Waals surface area contributed by atoms with E-state index in [9.17, 15) is 15.0 Å². The first-order valence-corrected chi connectivity index (χ1v) is 14.2.